The molecule has 1 fully saturated rings. The molecule has 1 aliphatic heterocycles. The maximum Gasteiger partial charge on any atom is 0.199 e. The number of halogens is 2. The van der Waals surface area contributed by atoms with E-state index < -0.39 is 11.7 Å². The van der Waals surface area contributed by atoms with Crippen LogP contribution in [0.4, 0.5) is 8.78 Å². The number of ether oxygens (including phenoxy) is 3. The summed E-state index contributed by atoms with van der Waals surface area (Å²) in [6, 6.07) is 8.51. The highest BCUT2D eigenvalue weighted by Gasteiger charge is 2.27. The molecule has 0 amide bonds. The molecule has 2 unspecified atom stereocenters. The topological polar surface area (TPSA) is 27.7 Å². The molecular formula is C25H34F2O3. The first-order valence-corrected chi connectivity index (χ1v) is 10.8. The second kappa shape index (κ2) is 12.5. The molecule has 1 saturated heterocycles. The number of rotatable bonds is 6. The predicted octanol–water partition coefficient (Wildman–Crippen LogP) is 7.22. The second-order valence-corrected chi connectivity index (χ2v) is 7.59. The average molecular weight is 421 g/mol. The number of hydrogen-bond donors (Lipinski definition) is 0. The van der Waals surface area contributed by atoms with Crippen molar-refractivity contribution in [3.05, 3.63) is 64.6 Å². The van der Waals surface area contributed by atoms with Gasteiger partial charge in [-0.1, -0.05) is 56.7 Å². The Kier molecular flexibility index (Phi) is 10.1. The lowest BCUT2D eigenvalue weighted by Gasteiger charge is -2.30. The van der Waals surface area contributed by atoms with Crippen molar-refractivity contribution in [3.8, 4) is 0 Å². The Bertz CT molecular complexity index is 742. The van der Waals surface area contributed by atoms with Crippen LogP contribution in [-0.4, -0.2) is 26.4 Å². The highest BCUT2D eigenvalue weighted by Crippen LogP contribution is 2.34. The van der Waals surface area contributed by atoms with Gasteiger partial charge in [0.1, 0.15) is 18.1 Å². The minimum atomic E-state index is -0.954. The van der Waals surface area contributed by atoms with Crippen LogP contribution in [-0.2, 0) is 14.2 Å². The summed E-state index contributed by atoms with van der Waals surface area (Å²) in [5.74, 6) is -1.45. The molecule has 1 heterocycles. The third kappa shape index (κ3) is 6.69. The van der Waals surface area contributed by atoms with Crippen molar-refractivity contribution in [1.29, 1.82) is 0 Å². The molecule has 0 spiro atoms. The van der Waals surface area contributed by atoms with Gasteiger partial charge in [-0.05, 0) is 30.9 Å². The third-order valence-electron chi connectivity index (χ3n) is 5.09. The second-order valence-electron chi connectivity index (χ2n) is 7.59. The quantitative estimate of drug-likeness (QED) is 0.486. The summed E-state index contributed by atoms with van der Waals surface area (Å²) in [4.78, 5) is 0. The van der Waals surface area contributed by atoms with Crippen LogP contribution in [0.15, 0.2) is 53.5 Å². The van der Waals surface area contributed by atoms with E-state index in [1.807, 2.05) is 13.0 Å². The van der Waals surface area contributed by atoms with E-state index >= 15 is 0 Å². The van der Waals surface area contributed by atoms with Crippen LogP contribution in [0.25, 0.3) is 6.08 Å². The first-order chi connectivity index (χ1) is 14.5. The van der Waals surface area contributed by atoms with Gasteiger partial charge in [-0.2, -0.15) is 8.78 Å². The van der Waals surface area contributed by atoms with Gasteiger partial charge in [-0.25, -0.2) is 0 Å². The van der Waals surface area contributed by atoms with Crippen LogP contribution < -0.4 is 0 Å². The van der Waals surface area contributed by atoms with Gasteiger partial charge in [0.15, 0.2) is 11.7 Å². The van der Waals surface area contributed by atoms with Crippen LogP contribution in [0.2, 0.25) is 0 Å². The summed E-state index contributed by atoms with van der Waals surface area (Å²) in [6.45, 7) is 7.10. The van der Waals surface area contributed by atoms with E-state index in [2.05, 4.69) is 44.2 Å². The van der Waals surface area contributed by atoms with Crippen molar-refractivity contribution in [1.82, 2.24) is 0 Å². The fraction of sp³-hybridized carbons (Fsp3) is 0.520. The standard InChI is InChI=1S/C22H26F2O3.C3H8/c1-3-4-15-5-7-16(8-6-15)17-9-10-18(26-13-17)14-27-20-12-11-19(25-2)21(23)22(20)24;1-3-2/h3-8,17-18H,9-14H2,1-2H3;3H2,1-2H3/b4-3+;. The van der Waals surface area contributed by atoms with Crippen molar-refractivity contribution in [2.24, 2.45) is 0 Å². The van der Waals surface area contributed by atoms with Crippen LogP contribution in [0.5, 0.6) is 0 Å². The molecule has 5 heteroatoms. The molecule has 2 atom stereocenters. The lowest BCUT2D eigenvalue weighted by Crippen LogP contribution is -2.28. The monoisotopic (exact) mass is 420 g/mol. The van der Waals surface area contributed by atoms with Crippen LogP contribution >= 0.6 is 0 Å². The summed E-state index contributed by atoms with van der Waals surface area (Å²) in [6.07, 6.45) is 7.67. The van der Waals surface area contributed by atoms with Crippen LogP contribution in [0.3, 0.4) is 0 Å². The lowest BCUT2D eigenvalue weighted by atomic mass is 9.91. The number of allylic oxidation sites excluding steroid dienone is 5. The van der Waals surface area contributed by atoms with Crippen molar-refractivity contribution < 1.29 is 23.0 Å². The predicted molar refractivity (Wildman–Crippen MR) is 117 cm³/mol. The van der Waals surface area contributed by atoms with Gasteiger partial charge in [0.05, 0.1) is 19.8 Å². The fourth-order valence-corrected chi connectivity index (χ4v) is 3.48. The maximum atomic E-state index is 14.0. The van der Waals surface area contributed by atoms with Gasteiger partial charge >= 0.3 is 0 Å². The first kappa shape index (κ1) is 24.1. The first-order valence-electron chi connectivity index (χ1n) is 10.8. The van der Waals surface area contributed by atoms with E-state index in [4.69, 9.17) is 14.2 Å². The minimum Gasteiger partial charge on any atom is -0.498 e. The third-order valence-corrected chi connectivity index (χ3v) is 5.09. The summed E-state index contributed by atoms with van der Waals surface area (Å²) >= 11 is 0. The summed E-state index contributed by atoms with van der Waals surface area (Å²) < 4.78 is 44.0. The highest BCUT2D eigenvalue weighted by molar-refractivity contribution is 5.49. The van der Waals surface area contributed by atoms with Crippen LogP contribution in [0.1, 0.15) is 69.9 Å². The van der Waals surface area contributed by atoms with Gasteiger partial charge in [-0.3, -0.25) is 0 Å². The average Bonchev–Trinajstić information content (AvgIpc) is 2.77. The molecule has 3 rings (SSSR count). The molecule has 1 aromatic carbocycles. The molecule has 166 valence electrons. The number of hydrogen-bond acceptors (Lipinski definition) is 3. The van der Waals surface area contributed by atoms with E-state index in [0.717, 1.165) is 12.8 Å². The Hall–Kier alpha value is -2.14. The molecule has 0 aromatic heterocycles. The van der Waals surface area contributed by atoms with E-state index in [1.54, 1.807) is 0 Å². The summed E-state index contributed by atoms with van der Waals surface area (Å²) in [7, 11) is 1.34. The van der Waals surface area contributed by atoms with Crippen molar-refractivity contribution in [2.45, 2.75) is 64.9 Å². The van der Waals surface area contributed by atoms with Crippen molar-refractivity contribution in [3.63, 3.8) is 0 Å². The molecule has 0 radical (unpaired) electrons. The van der Waals surface area contributed by atoms with Gasteiger partial charge in [0, 0.05) is 18.8 Å². The molecule has 1 aliphatic carbocycles. The SMILES string of the molecule is C/C=C/c1ccc(C2CCC(COC3=C(F)C(F)=C(OC)CC3)OC2)cc1.CCC. The number of methoxy groups -OCH3 is 1. The largest absolute Gasteiger partial charge is 0.498 e. The Morgan fingerprint density at radius 1 is 1.03 bits per heavy atom. The maximum absolute atomic E-state index is 14.0. The van der Waals surface area contributed by atoms with E-state index in [0.29, 0.717) is 25.4 Å². The summed E-state index contributed by atoms with van der Waals surface area (Å²) in [5, 5.41) is 0. The molecule has 0 bridgehead atoms. The number of benzene rings is 1. The van der Waals surface area contributed by atoms with E-state index in [9.17, 15) is 8.78 Å². The van der Waals surface area contributed by atoms with E-state index in [1.165, 1.54) is 24.7 Å². The lowest BCUT2D eigenvalue weighted by molar-refractivity contribution is -0.0371. The Morgan fingerprint density at radius 3 is 2.23 bits per heavy atom. The molecule has 0 N–H and O–H groups in total. The zero-order valence-corrected chi connectivity index (χ0v) is 18.5. The normalized spacial score (nSPS) is 22.1. The van der Waals surface area contributed by atoms with Crippen LogP contribution in [0, 0.1) is 0 Å². The highest BCUT2D eigenvalue weighted by atomic mass is 19.2. The fourth-order valence-electron chi connectivity index (χ4n) is 3.48. The van der Waals surface area contributed by atoms with Crippen molar-refractivity contribution >= 4 is 6.08 Å². The smallest absolute Gasteiger partial charge is 0.199 e. The molecule has 2 aliphatic rings. The zero-order valence-electron chi connectivity index (χ0n) is 18.5. The van der Waals surface area contributed by atoms with Gasteiger partial charge in [-0.15, -0.1) is 0 Å². The Morgan fingerprint density at radius 2 is 1.67 bits per heavy atom. The summed E-state index contributed by atoms with van der Waals surface area (Å²) in [5.41, 5.74) is 2.45. The van der Waals surface area contributed by atoms with Gasteiger partial charge in [0.2, 0.25) is 0 Å². The Balaban J connectivity index is 0.00000101. The molecule has 30 heavy (non-hydrogen) atoms. The molecule has 3 nitrogen and oxygen atoms in total. The molecule has 1 aromatic rings. The zero-order chi connectivity index (χ0) is 21.9. The van der Waals surface area contributed by atoms with E-state index in [-0.39, 0.29) is 24.2 Å². The molecular weight excluding hydrogens is 386 g/mol. The minimum absolute atomic E-state index is 0.0389. The van der Waals surface area contributed by atoms with Crippen molar-refractivity contribution in [2.75, 3.05) is 20.3 Å². The Labute approximate surface area is 179 Å². The van der Waals surface area contributed by atoms with Gasteiger partial charge in [0.25, 0.3) is 0 Å². The van der Waals surface area contributed by atoms with Gasteiger partial charge < -0.3 is 14.2 Å². The molecule has 0 saturated carbocycles.